The number of carbonyl (C=O) groups is 1. The Morgan fingerprint density at radius 3 is 2.25 bits per heavy atom. The van der Waals surface area contributed by atoms with Gasteiger partial charge in [-0.1, -0.05) is 6.92 Å². The maximum absolute atomic E-state index is 12.3. The maximum atomic E-state index is 12.3. The molecule has 2 N–H and O–H groups in total. The third-order valence-electron chi connectivity index (χ3n) is 6.19. The number of piperazine rings is 1. The van der Waals surface area contributed by atoms with Crippen LogP contribution in [-0.2, 0) is 4.79 Å². The lowest BCUT2D eigenvalue weighted by Gasteiger charge is -2.37. The van der Waals surface area contributed by atoms with Crippen molar-refractivity contribution in [2.24, 2.45) is 11.8 Å². The van der Waals surface area contributed by atoms with Gasteiger partial charge in [0.15, 0.2) is 0 Å². The van der Waals surface area contributed by atoms with Crippen molar-refractivity contribution < 1.29 is 4.79 Å². The van der Waals surface area contributed by atoms with Crippen molar-refractivity contribution in [1.29, 1.82) is 0 Å². The number of piperidine rings is 1. The smallest absolute Gasteiger partial charge is 0.234 e. The topological polar surface area (TPSA) is 47.6 Å². The number of amides is 1. The van der Waals surface area contributed by atoms with Crippen LogP contribution >= 0.6 is 0 Å². The molecule has 0 spiro atoms. The van der Waals surface area contributed by atoms with Crippen LogP contribution in [0.3, 0.4) is 0 Å². The second kappa shape index (κ2) is 9.16. The molecule has 2 heterocycles. The first kappa shape index (κ1) is 18.2. The van der Waals surface area contributed by atoms with Crippen LogP contribution in [0.2, 0.25) is 0 Å². The molecule has 5 nitrogen and oxygen atoms in total. The quantitative estimate of drug-likeness (QED) is 0.794. The fourth-order valence-electron chi connectivity index (χ4n) is 4.44. The van der Waals surface area contributed by atoms with Crippen molar-refractivity contribution in [2.45, 2.75) is 51.5 Å². The Morgan fingerprint density at radius 2 is 1.58 bits per heavy atom. The second-order valence-corrected chi connectivity index (χ2v) is 8.29. The van der Waals surface area contributed by atoms with E-state index in [1.54, 1.807) is 0 Å². The Morgan fingerprint density at radius 1 is 0.958 bits per heavy atom. The lowest BCUT2D eigenvalue weighted by molar-refractivity contribution is -0.123. The normalized spacial score (nSPS) is 31.0. The first-order valence-corrected chi connectivity index (χ1v) is 10.1. The molecule has 0 atom stereocenters. The molecule has 1 aliphatic carbocycles. The van der Waals surface area contributed by atoms with Gasteiger partial charge in [-0.25, -0.2) is 0 Å². The molecule has 0 aromatic rings. The molecule has 138 valence electrons. The van der Waals surface area contributed by atoms with Gasteiger partial charge in [-0.05, 0) is 63.5 Å². The Kier molecular flexibility index (Phi) is 6.93. The molecule has 1 amide bonds. The van der Waals surface area contributed by atoms with Crippen molar-refractivity contribution in [3.8, 4) is 0 Å². The van der Waals surface area contributed by atoms with E-state index in [0.29, 0.717) is 12.6 Å². The van der Waals surface area contributed by atoms with Gasteiger partial charge in [0, 0.05) is 38.8 Å². The third kappa shape index (κ3) is 5.71. The minimum absolute atomic E-state index is 0.237. The molecule has 1 saturated carbocycles. The van der Waals surface area contributed by atoms with E-state index in [-0.39, 0.29) is 5.91 Å². The largest absolute Gasteiger partial charge is 0.352 e. The highest BCUT2D eigenvalue weighted by Crippen LogP contribution is 2.23. The van der Waals surface area contributed by atoms with Gasteiger partial charge < -0.3 is 15.5 Å². The zero-order valence-corrected chi connectivity index (χ0v) is 15.4. The van der Waals surface area contributed by atoms with E-state index in [2.05, 4.69) is 27.4 Å². The van der Waals surface area contributed by atoms with E-state index in [0.717, 1.165) is 50.9 Å². The average Bonchev–Trinajstić information content (AvgIpc) is 2.60. The lowest BCUT2D eigenvalue weighted by Crippen LogP contribution is -2.51. The molecule has 3 fully saturated rings. The highest BCUT2D eigenvalue weighted by molar-refractivity contribution is 5.78. The molecule has 0 radical (unpaired) electrons. The standard InChI is InChI=1S/C19H36N4O/c1-16-2-4-18(5-3-16)21-19(24)15-23-12-10-22(11-13-23)14-17-6-8-20-9-7-17/h16-18,20H,2-15H2,1H3,(H,21,24). The van der Waals surface area contributed by atoms with E-state index in [4.69, 9.17) is 0 Å². The van der Waals surface area contributed by atoms with E-state index < -0.39 is 0 Å². The molecular formula is C19H36N4O. The molecule has 0 bridgehead atoms. The van der Waals surface area contributed by atoms with Crippen molar-refractivity contribution in [3.05, 3.63) is 0 Å². The summed E-state index contributed by atoms with van der Waals surface area (Å²) in [6.07, 6.45) is 7.50. The molecule has 3 rings (SSSR count). The van der Waals surface area contributed by atoms with Crippen LogP contribution in [0.25, 0.3) is 0 Å². The highest BCUT2D eigenvalue weighted by Gasteiger charge is 2.24. The molecule has 2 aliphatic heterocycles. The van der Waals surface area contributed by atoms with Crippen molar-refractivity contribution >= 4 is 5.91 Å². The summed E-state index contributed by atoms with van der Waals surface area (Å²) in [5.41, 5.74) is 0. The SMILES string of the molecule is CC1CCC(NC(=O)CN2CCN(CC3CCNCC3)CC2)CC1. The van der Waals surface area contributed by atoms with E-state index >= 15 is 0 Å². The summed E-state index contributed by atoms with van der Waals surface area (Å²) >= 11 is 0. The fourth-order valence-corrected chi connectivity index (χ4v) is 4.44. The Hall–Kier alpha value is -0.650. The van der Waals surface area contributed by atoms with E-state index in [1.807, 2.05) is 0 Å². The third-order valence-corrected chi connectivity index (χ3v) is 6.19. The average molecular weight is 337 g/mol. The number of hydrogen-bond donors (Lipinski definition) is 2. The zero-order chi connectivity index (χ0) is 16.8. The molecule has 5 heteroatoms. The van der Waals surface area contributed by atoms with E-state index in [1.165, 1.54) is 45.3 Å². The molecule has 0 aromatic heterocycles. The van der Waals surface area contributed by atoms with Gasteiger partial charge in [-0.2, -0.15) is 0 Å². The zero-order valence-electron chi connectivity index (χ0n) is 15.4. The van der Waals surface area contributed by atoms with Crippen LogP contribution in [0.15, 0.2) is 0 Å². The number of nitrogens with one attached hydrogen (secondary N) is 2. The highest BCUT2D eigenvalue weighted by atomic mass is 16.2. The molecule has 2 saturated heterocycles. The Balaban J connectivity index is 1.30. The van der Waals surface area contributed by atoms with Crippen molar-refractivity contribution in [1.82, 2.24) is 20.4 Å². The first-order valence-electron chi connectivity index (χ1n) is 10.1. The predicted octanol–water partition coefficient (Wildman–Crippen LogP) is 1.30. The minimum Gasteiger partial charge on any atom is -0.352 e. The van der Waals surface area contributed by atoms with Crippen LogP contribution < -0.4 is 10.6 Å². The number of hydrogen-bond acceptors (Lipinski definition) is 4. The van der Waals surface area contributed by atoms with Crippen LogP contribution in [0.4, 0.5) is 0 Å². The van der Waals surface area contributed by atoms with Crippen LogP contribution in [-0.4, -0.2) is 74.1 Å². The summed E-state index contributed by atoms with van der Waals surface area (Å²) in [5, 5.41) is 6.71. The number of carbonyl (C=O) groups excluding carboxylic acids is 1. The van der Waals surface area contributed by atoms with Gasteiger partial charge in [-0.15, -0.1) is 0 Å². The molecule has 24 heavy (non-hydrogen) atoms. The summed E-state index contributed by atoms with van der Waals surface area (Å²) < 4.78 is 0. The summed E-state index contributed by atoms with van der Waals surface area (Å²) in [6.45, 7) is 10.9. The molecular weight excluding hydrogens is 300 g/mol. The number of rotatable bonds is 5. The second-order valence-electron chi connectivity index (χ2n) is 8.29. The van der Waals surface area contributed by atoms with Gasteiger partial charge in [0.2, 0.25) is 5.91 Å². The summed E-state index contributed by atoms with van der Waals surface area (Å²) in [7, 11) is 0. The summed E-state index contributed by atoms with van der Waals surface area (Å²) in [4.78, 5) is 17.2. The van der Waals surface area contributed by atoms with Gasteiger partial charge in [0.25, 0.3) is 0 Å². The summed E-state index contributed by atoms with van der Waals surface area (Å²) in [6, 6.07) is 0.426. The van der Waals surface area contributed by atoms with Gasteiger partial charge in [0.05, 0.1) is 6.54 Å². The first-order chi connectivity index (χ1) is 11.7. The van der Waals surface area contributed by atoms with Crippen LogP contribution in [0.5, 0.6) is 0 Å². The van der Waals surface area contributed by atoms with Crippen LogP contribution in [0, 0.1) is 11.8 Å². The van der Waals surface area contributed by atoms with Gasteiger partial charge >= 0.3 is 0 Å². The number of nitrogens with zero attached hydrogens (tertiary/aromatic N) is 2. The minimum atomic E-state index is 0.237. The molecule has 0 aromatic carbocycles. The van der Waals surface area contributed by atoms with Gasteiger partial charge in [-0.3, -0.25) is 9.69 Å². The van der Waals surface area contributed by atoms with Crippen LogP contribution in [0.1, 0.15) is 45.4 Å². The fraction of sp³-hybridized carbons (Fsp3) is 0.947. The lowest BCUT2D eigenvalue weighted by atomic mass is 9.87. The van der Waals surface area contributed by atoms with E-state index in [9.17, 15) is 4.79 Å². The maximum Gasteiger partial charge on any atom is 0.234 e. The molecule has 0 unspecified atom stereocenters. The monoisotopic (exact) mass is 336 g/mol. The molecule has 3 aliphatic rings. The van der Waals surface area contributed by atoms with Crippen molar-refractivity contribution in [3.63, 3.8) is 0 Å². The Bertz CT molecular complexity index is 381. The van der Waals surface area contributed by atoms with Crippen molar-refractivity contribution in [2.75, 3.05) is 52.4 Å². The Labute approximate surface area is 147 Å². The predicted molar refractivity (Wildman–Crippen MR) is 98.0 cm³/mol. The summed E-state index contributed by atoms with van der Waals surface area (Å²) in [5.74, 6) is 1.95. The van der Waals surface area contributed by atoms with Gasteiger partial charge in [0.1, 0.15) is 0 Å².